The van der Waals surface area contributed by atoms with Crippen LogP contribution in [-0.2, 0) is 11.0 Å². The van der Waals surface area contributed by atoms with Crippen molar-refractivity contribution in [1.82, 2.24) is 0 Å². The number of nitrogens with one attached hydrogen (secondary N) is 1. The van der Waals surface area contributed by atoms with Crippen LogP contribution in [0.4, 0.5) is 18.9 Å². The first-order valence-electron chi connectivity index (χ1n) is 8.01. The Bertz CT molecular complexity index is 910. The minimum atomic E-state index is -4.57. The van der Waals surface area contributed by atoms with E-state index in [9.17, 15) is 23.2 Å². The van der Waals surface area contributed by atoms with Crippen LogP contribution in [0.25, 0.3) is 6.08 Å². The number of anilines is 1. The lowest BCUT2D eigenvalue weighted by Gasteiger charge is -2.11. The Labute approximate surface area is 160 Å². The molecule has 3 nitrogen and oxygen atoms in total. The number of nitrogens with zero attached hydrogens (tertiary/aromatic N) is 1. The van der Waals surface area contributed by atoms with E-state index < -0.39 is 17.6 Å². The Hall–Kier alpha value is -2.78. The first kappa shape index (κ1) is 20.5. The summed E-state index contributed by atoms with van der Waals surface area (Å²) in [7, 11) is 0. The molecule has 0 bridgehead atoms. The summed E-state index contributed by atoms with van der Waals surface area (Å²) in [5.74, 6) is -0.503. The van der Waals surface area contributed by atoms with E-state index in [1.54, 1.807) is 18.2 Å². The van der Waals surface area contributed by atoms with Crippen LogP contribution in [0.5, 0.6) is 0 Å². The maximum Gasteiger partial charge on any atom is 0.416 e. The van der Waals surface area contributed by atoms with Gasteiger partial charge in [0.2, 0.25) is 0 Å². The van der Waals surface area contributed by atoms with Crippen LogP contribution in [-0.4, -0.2) is 5.91 Å². The van der Waals surface area contributed by atoms with Gasteiger partial charge in [0, 0.05) is 0 Å². The summed E-state index contributed by atoms with van der Waals surface area (Å²) in [5, 5.41) is 11.4. The van der Waals surface area contributed by atoms with Crippen LogP contribution in [0.15, 0.2) is 48.0 Å². The quantitative estimate of drug-likeness (QED) is 0.510. The van der Waals surface area contributed by atoms with Gasteiger partial charge in [0.25, 0.3) is 5.91 Å². The zero-order valence-electron chi connectivity index (χ0n) is 14.6. The third-order valence-corrected chi connectivity index (χ3v) is 4.15. The summed E-state index contributed by atoms with van der Waals surface area (Å²) in [6.45, 7) is 4.08. The second-order valence-corrected chi connectivity index (χ2v) is 6.54. The van der Waals surface area contributed by atoms with Gasteiger partial charge in [0.05, 0.1) is 16.3 Å². The number of carbonyl (C=O) groups excluding carboxylic acids is 1. The van der Waals surface area contributed by atoms with E-state index in [0.717, 1.165) is 23.8 Å². The molecule has 1 N–H and O–H groups in total. The van der Waals surface area contributed by atoms with E-state index in [1.165, 1.54) is 6.08 Å². The van der Waals surface area contributed by atoms with Crippen molar-refractivity contribution in [2.45, 2.75) is 25.9 Å². The molecule has 0 atom stereocenters. The van der Waals surface area contributed by atoms with Crippen molar-refractivity contribution in [3.63, 3.8) is 0 Å². The summed E-state index contributed by atoms with van der Waals surface area (Å²) in [6.07, 6.45) is -3.21. The number of amides is 1. The molecule has 0 unspecified atom stereocenters. The Kier molecular flexibility index (Phi) is 6.29. The van der Waals surface area contributed by atoms with Gasteiger partial charge in [-0.2, -0.15) is 18.4 Å². The lowest BCUT2D eigenvalue weighted by molar-refractivity contribution is -0.137. The lowest BCUT2D eigenvalue weighted by atomic mass is 10.0. The topological polar surface area (TPSA) is 52.9 Å². The Balaban J connectivity index is 2.26. The molecule has 0 fully saturated rings. The standard InChI is InChI=1S/C20H16ClF3N2O/c1-12(2)14-5-3-13(4-6-14)9-15(11-25)19(27)26-18-10-16(20(22,23)24)7-8-17(18)21/h3-10,12H,1-2H3,(H,26,27). The molecule has 7 heteroatoms. The number of halogens is 4. The van der Waals surface area contributed by atoms with Crippen molar-refractivity contribution < 1.29 is 18.0 Å². The summed E-state index contributed by atoms with van der Waals surface area (Å²) >= 11 is 5.86. The van der Waals surface area contributed by atoms with E-state index in [-0.39, 0.29) is 16.3 Å². The minimum absolute atomic E-state index is 0.0603. The number of hydrogen-bond donors (Lipinski definition) is 1. The highest BCUT2D eigenvalue weighted by molar-refractivity contribution is 6.34. The Morgan fingerprint density at radius 1 is 1.19 bits per heavy atom. The monoisotopic (exact) mass is 392 g/mol. The molecule has 0 radical (unpaired) electrons. The van der Waals surface area contributed by atoms with Crippen LogP contribution in [0.3, 0.4) is 0 Å². The first-order chi connectivity index (χ1) is 12.6. The third kappa shape index (κ3) is 5.35. The van der Waals surface area contributed by atoms with E-state index in [1.807, 2.05) is 26.0 Å². The lowest BCUT2D eigenvalue weighted by Crippen LogP contribution is -2.15. The normalized spacial score (nSPS) is 12.0. The average Bonchev–Trinajstić information content (AvgIpc) is 2.60. The van der Waals surface area contributed by atoms with E-state index in [2.05, 4.69) is 5.32 Å². The van der Waals surface area contributed by atoms with Gasteiger partial charge in [-0.15, -0.1) is 0 Å². The van der Waals surface area contributed by atoms with Crippen LogP contribution in [0, 0.1) is 11.3 Å². The van der Waals surface area contributed by atoms with Crippen molar-refractivity contribution in [3.05, 3.63) is 69.8 Å². The maximum absolute atomic E-state index is 12.8. The number of benzene rings is 2. The number of hydrogen-bond acceptors (Lipinski definition) is 2. The number of rotatable bonds is 4. The first-order valence-corrected chi connectivity index (χ1v) is 8.39. The minimum Gasteiger partial charge on any atom is -0.320 e. The Morgan fingerprint density at radius 3 is 2.33 bits per heavy atom. The fourth-order valence-corrected chi connectivity index (χ4v) is 2.44. The van der Waals surface area contributed by atoms with Crippen molar-refractivity contribution in [2.75, 3.05) is 5.32 Å². The van der Waals surface area contributed by atoms with Crippen LogP contribution < -0.4 is 5.32 Å². The predicted molar refractivity (Wildman–Crippen MR) is 99.2 cm³/mol. The molecule has 2 aromatic rings. The van der Waals surface area contributed by atoms with E-state index in [0.29, 0.717) is 11.5 Å². The van der Waals surface area contributed by atoms with Crippen molar-refractivity contribution in [1.29, 1.82) is 5.26 Å². The molecule has 2 rings (SSSR count). The SMILES string of the molecule is CC(C)c1ccc(C=C(C#N)C(=O)Nc2cc(C(F)(F)F)ccc2Cl)cc1. The van der Waals surface area contributed by atoms with Crippen LogP contribution in [0.1, 0.15) is 36.5 Å². The molecule has 1 amide bonds. The van der Waals surface area contributed by atoms with Gasteiger partial charge < -0.3 is 5.32 Å². The summed E-state index contributed by atoms with van der Waals surface area (Å²) in [6, 6.07) is 11.6. The molecule has 0 saturated carbocycles. The molecular formula is C20H16ClF3N2O. The Morgan fingerprint density at radius 2 is 1.81 bits per heavy atom. The molecule has 2 aromatic carbocycles. The van der Waals surface area contributed by atoms with Crippen molar-refractivity contribution >= 4 is 29.3 Å². The molecule has 0 aliphatic carbocycles. The molecule has 140 valence electrons. The smallest absolute Gasteiger partial charge is 0.320 e. The third-order valence-electron chi connectivity index (χ3n) is 3.82. The van der Waals surface area contributed by atoms with E-state index >= 15 is 0 Å². The molecule has 0 aliphatic rings. The van der Waals surface area contributed by atoms with E-state index in [4.69, 9.17) is 11.6 Å². The largest absolute Gasteiger partial charge is 0.416 e. The molecule has 0 aromatic heterocycles. The molecule has 27 heavy (non-hydrogen) atoms. The van der Waals surface area contributed by atoms with Crippen LogP contribution in [0.2, 0.25) is 5.02 Å². The molecule has 0 spiro atoms. The highest BCUT2D eigenvalue weighted by Crippen LogP contribution is 2.34. The fraction of sp³-hybridized carbons (Fsp3) is 0.200. The second-order valence-electron chi connectivity index (χ2n) is 6.14. The van der Waals surface area contributed by atoms with Gasteiger partial charge in [-0.05, 0) is 41.3 Å². The van der Waals surface area contributed by atoms with Gasteiger partial charge >= 0.3 is 6.18 Å². The zero-order chi connectivity index (χ0) is 20.2. The molecule has 0 saturated heterocycles. The highest BCUT2D eigenvalue weighted by atomic mass is 35.5. The maximum atomic E-state index is 12.8. The van der Waals surface area contributed by atoms with Gasteiger partial charge in [0.1, 0.15) is 11.6 Å². The average molecular weight is 393 g/mol. The van der Waals surface area contributed by atoms with Gasteiger partial charge in [-0.1, -0.05) is 49.7 Å². The second kappa shape index (κ2) is 8.28. The highest BCUT2D eigenvalue weighted by Gasteiger charge is 2.31. The van der Waals surface area contributed by atoms with Crippen LogP contribution >= 0.6 is 11.6 Å². The van der Waals surface area contributed by atoms with Crippen molar-refractivity contribution in [3.8, 4) is 6.07 Å². The van der Waals surface area contributed by atoms with Gasteiger partial charge in [-0.3, -0.25) is 4.79 Å². The van der Waals surface area contributed by atoms with Gasteiger partial charge in [0.15, 0.2) is 0 Å². The summed E-state index contributed by atoms with van der Waals surface area (Å²) in [4.78, 5) is 12.3. The number of alkyl halides is 3. The molecular weight excluding hydrogens is 377 g/mol. The summed E-state index contributed by atoms with van der Waals surface area (Å²) in [5.41, 5.74) is 0.314. The molecule has 0 heterocycles. The fourth-order valence-electron chi connectivity index (χ4n) is 2.28. The zero-order valence-corrected chi connectivity index (χ0v) is 15.3. The van der Waals surface area contributed by atoms with Gasteiger partial charge in [-0.25, -0.2) is 0 Å². The number of carbonyl (C=O) groups is 1. The summed E-state index contributed by atoms with van der Waals surface area (Å²) < 4.78 is 38.5. The molecule has 0 aliphatic heterocycles. The number of nitriles is 1. The van der Waals surface area contributed by atoms with Crippen molar-refractivity contribution in [2.24, 2.45) is 0 Å². The predicted octanol–water partition coefficient (Wildman–Crippen LogP) is 6.03.